The Morgan fingerprint density at radius 2 is 2.17 bits per heavy atom. The summed E-state index contributed by atoms with van der Waals surface area (Å²) in [5.74, 6) is 0. The van der Waals surface area contributed by atoms with Crippen LogP contribution in [-0.2, 0) is 7.05 Å². The van der Waals surface area contributed by atoms with Gasteiger partial charge in [0.1, 0.15) is 0 Å². The standard InChI is InChI=1S/C13H18BrN3S/c1-5-15-13(10-6-18-7-11(10)14)12-8(2)16-17(4)9(12)3/h6-7,13,15H,5H2,1-4H3. The van der Waals surface area contributed by atoms with Gasteiger partial charge in [0, 0.05) is 28.2 Å². The zero-order valence-corrected chi connectivity index (χ0v) is 13.5. The van der Waals surface area contributed by atoms with Crippen LogP contribution >= 0.6 is 27.3 Å². The number of hydrogen-bond acceptors (Lipinski definition) is 3. The summed E-state index contributed by atoms with van der Waals surface area (Å²) in [6, 6.07) is 0.212. The van der Waals surface area contributed by atoms with Crippen LogP contribution in [0.4, 0.5) is 0 Å². The summed E-state index contributed by atoms with van der Waals surface area (Å²) in [6.07, 6.45) is 0. The molecule has 0 aliphatic carbocycles. The van der Waals surface area contributed by atoms with E-state index in [9.17, 15) is 0 Å². The molecule has 0 saturated heterocycles. The minimum atomic E-state index is 0.212. The Morgan fingerprint density at radius 3 is 2.61 bits per heavy atom. The van der Waals surface area contributed by atoms with E-state index < -0.39 is 0 Å². The quantitative estimate of drug-likeness (QED) is 0.930. The maximum atomic E-state index is 4.52. The molecule has 0 fully saturated rings. The van der Waals surface area contributed by atoms with Crippen molar-refractivity contribution in [3.05, 3.63) is 37.7 Å². The van der Waals surface area contributed by atoms with Gasteiger partial charge < -0.3 is 5.32 Å². The molecule has 0 aliphatic heterocycles. The smallest absolute Gasteiger partial charge is 0.0647 e. The molecule has 0 radical (unpaired) electrons. The van der Waals surface area contributed by atoms with Crippen molar-refractivity contribution in [2.75, 3.05) is 6.54 Å². The molecule has 0 bridgehead atoms. The molecule has 1 unspecified atom stereocenters. The van der Waals surface area contributed by atoms with Crippen LogP contribution in [0.2, 0.25) is 0 Å². The highest BCUT2D eigenvalue weighted by atomic mass is 79.9. The lowest BCUT2D eigenvalue weighted by molar-refractivity contribution is 0.622. The average Bonchev–Trinajstić information content (AvgIpc) is 2.83. The summed E-state index contributed by atoms with van der Waals surface area (Å²) in [5, 5.41) is 12.4. The Labute approximate surface area is 120 Å². The second kappa shape index (κ2) is 5.55. The highest BCUT2D eigenvalue weighted by Crippen LogP contribution is 2.34. The summed E-state index contributed by atoms with van der Waals surface area (Å²) in [5.41, 5.74) is 4.90. The summed E-state index contributed by atoms with van der Waals surface area (Å²) in [4.78, 5) is 0. The Balaban J connectivity index is 2.51. The number of rotatable bonds is 4. The first kappa shape index (κ1) is 13.8. The maximum Gasteiger partial charge on any atom is 0.0647 e. The van der Waals surface area contributed by atoms with Crippen LogP contribution in [0.15, 0.2) is 15.2 Å². The molecule has 2 aromatic rings. The first-order chi connectivity index (χ1) is 8.56. The molecule has 3 nitrogen and oxygen atoms in total. The maximum absolute atomic E-state index is 4.52. The highest BCUT2D eigenvalue weighted by molar-refractivity contribution is 9.10. The predicted molar refractivity (Wildman–Crippen MR) is 80.2 cm³/mol. The molecule has 18 heavy (non-hydrogen) atoms. The van der Waals surface area contributed by atoms with Gasteiger partial charge in [-0.05, 0) is 47.3 Å². The van der Waals surface area contributed by atoms with E-state index in [1.165, 1.54) is 21.3 Å². The number of halogens is 1. The number of thiophene rings is 1. The van der Waals surface area contributed by atoms with E-state index >= 15 is 0 Å². The molecule has 98 valence electrons. The third-order valence-electron chi connectivity index (χ3n) is 3.22. The van der Waals surface area contributed by atoms with Crippen LogP contribution in [0.1, 0.15) is 35.5 Å². The molecule has 1 atom stereocenters. The Kier molecular flexibility index (Phi) is 4.25. The van der Waals surface area contributed by atoms with Crippen molar-refractivity contribution < 1.29 is 0 Å². The van der Waals surface area contributed by atoms with Crippen LogP contribution in [0, 0.1) is 13.8 Å². The summed E-state index contributed by atoms with van der Waals surface area (Å²) < 4.78 is 3.12. The molecule has 0 aromatic carbocycles. The second-order valence-corrected chi connectivity index (χ2v) is 5.97. The number of nitrogens with one attached hydrogen (secondary N) is 1. The molecule has 5 heteroatoms. The van der Waals surface area contributed by atoms with Gasteiger partial charge in [-0.15, -0.1) is 0 Å². The normalized spacial score (nSPS) is 12.9. The lowest BCUT2D eigenvalue weighted by Gasteiger charge is -2.18. The van der Waals surface area contributed by atoms with Gasteiger partial charge in [0.2, 0.25) is 0 Å². The topological polar surface area (TPSA) is 29.9 Å². The Hall–Kier alpha value is -0.650. The SMILES string of the molecule is CCNC(c1cscc1Br)c1c(C)nn(C)c1C. The van der Waals surface area contributed by atoms with E-state index in [2.05, 4.69) is 57.9 Å². The van der Waals surface area contributed by atoms with E-state index in [-0.39, 0.29) is 6.04 Å². The fraction of sp³-hybridized carbons (Fsp3) is 0.462. The molecular weight excluding hydrogens is 310 g/mol. The number of hydrogen-bond donors (Lipinski definition) is 1. The van der Waals surface area contributed by atoms with Gasteiger partial charge in [-0.25, -0.2) is 0 Å². The van der Waals surface area contributed by atoms with Gasteiger partial charge in [0.05, 0.1) is 11.7 Å². The third-order valence-corrected chi connectivity index (χ3v) is 4.97. The van der Waals surface area contributed by atoms with Gasteiger partial charge >= 0.3 is 0 Å². The first-order valence-corrected chi connectivity index (χ1v) is 7.74. The summed E-state index contributed by atoms with van der Waals surface area (Å²) >= 11 is 5.35. The van der Waals surface area contributed by atoms with Crippen molar-refractivity contribution in [3.63, 3.8) is 0 Å². The minimum Gasteiger partial charge on any atom is -0.306 e. The summed E-state index contributed by atoms with van der Waals surface area (Å²) in [7, 11) is 2.00. The molecule has 2 rings (SSSR count). The lowest BCUT2D eigenvalue weighted by atomic mass is 9.99. The van der Waals surface area contributed by atoms with Crippen molar-refractivity contribution in [3.8, 4) is 0 Å². The molecule has 0 amide bonds. The van der Waals surface area contributed by atoms with E-state index in [4.69, 9.17) is 0 Å². The largest absolute Gasteiger partial charge is 0.306 e. The Bertz CT molecular complexity index is 544. The van der Waals surface area contributed by atoms with E-state index in [1.54, 1.807) is 11.3 Å². The van der Waals surface area contributed by atoms with Crippen molar-refractivity contribution in [2.45, 2.75) is 26.8 Å². The zero-order valence-electron chi connectivity index (χ0n) is 11.1. The van der Waals surface area contributed by atoms with Crippen molar-refractivity contribution in [2.24, 2.45) is 7.05 Å². The van der Waals surface area contributed by atoms with Gasteiger partial charge in [0.15, 0.2) is 0 Å². The zero-order chi connectivity index (χ0) is 13.3. The highest BCUT2D eigenvalue weighted by Gasteiger charge is 2.23. The van der Waals surface area contributed by atoms with Crippen LogP contribution < -0.4 is 5.32 Å². The lowest BCUT2D eigenvalue weighted by Crippen LogP contribution is -2.23. The molecular formula is C13H18BrN3S. The Morgan fingerprint density at radius 1 is 1.44 bits per heavy atom. The summed E-state index contributed by atoms with van der Waals surface area (Å²) in [6.45, 7) is 7.27. The molecule has 0 aliphatic rings. The van der Waals surface area contributed by atoms with Crippen molar-refractivity contribution in [1.29, 1.82) is 0 Å². The average molecular weight is 328 g/mol. The van der Waals surface area contributed by atoms with Crippen LogP contribution in [0.3, 0.4) is 0 Å². The number of aryl methyl sites for hydroxylation is 2. The minimum absolute atomic E-state index is 0.212. The van der Waals surface area contributed by atoms with Gasteiger partial charge in [-0.2, -0.15) is 16.4 Å². The van der Waals surface area contributed by atoms with E-state index in [1.807, 2.05) is 11.7 Å². The monoisotopic (exact) mass is 327 g/mol. The molecule has 2 heterocycles. The van der Waals surface area contributed by atoms with Gasteiger partial charge in [-0.3, -0.25) is 4.68 Å². The van der Waals surface area contributed by atoms with Crippen molar-refractivity contribution >= 4 is 27.3 Å². The van der Waals surface area contributed by atoms with Crippen LogP contribution in [0.25, 0.3) is 0 Å². The molecule has 0 spiro atoms. The molecule has 0 saturated carbocycles. The molecule has 1 N–H and O–H groups in total. The first-order valence-electron chi connectivity index (χ1n) is 6.01. The number of aromatic nitrogens is 2. The van der Waals surface area contributed by atoms with Crippen molar-refractivity contribution in [1.82, 2.24) is 15.1 Å². The second-order valence-electron chi connectivity index (χ2n) is 4.37. The fourth-order valence-corrected chi connectivity index (χ4v) is 3.83. The number of nitrogens with zero attached hydrogens (tertiary/aromatic N) is 2. The van der Waals surface area contributed by atoms with E-state index in [0.29, 0.717) is 0 Å². The predicted octanol–water partition coefficient (Wildman–Crippen LogP) is 3.56. The molecule has 2 aromatic heterocycles. The van der Waals surface area contributed by atoms with Gasteiger partial charge in [-0.1, -0.05) is 6.92 Å². The van der Waals surface area contributed by atoms with Crippen LogP contribution in [0.5, 0.6) is 0 Å². The fourth-order valence-electron chi connectivity index (χ4n) is 2.28. The van der Waals surface area contributed by atoms with Gasteiger partial charge in [0.25, 0.3) is 0 Å². The third kappa shape index (κ3) is 2.39. The van der Waals surface area contributed by atoms with Crippen LogP contribution in [-0.4, -0.2) is 16.3 Å². The van der Waals surface area contributed by atoms with E-state index in [0.717, 1.165) is 12.2 Å².